The van der Waals surface area contributed by atoms with E-state index < -0.39 is 0 Å². The van der Waals surface area contributed by atoms with Crippen LogP contribution in [0.5, 0.6) is 0 Å². The Hall–Kier alpha value is -3.28. The largest absolute Gasteiger partial charge is 0.358 e. The number of hydrogen-bond donors (Lipinski definition) is 1. The number of fused-ring (bicyclic) bond motifs is 1. The Labute approximate surface area is 170 Å². The van der Waals surface area contributed by atoms with Crippen molar-refractivity contribution in [3.8, 4) is 11.4 Å². The van der Waals surface area contributed by atoms with E-state index in [-0.39, 0.29) is 11.9 Å². The van der Waals surface area contributed by atoms with Gasteiger partial charge < -0.3 is 10.2 Å². The van der Waals surface area contributed by atoms with Gasteiger partial charge in [0.05, 0.1) is 0 Å². The van der Waals surface area contributed by atoms with Crippen molar-refractivity contribution < 1.29 is 4.79 Å². The number of benzene rings is 1. The first-order valence-corrected chi connectivity index (χ1v) is 10.1. The maximum Gasteiger partial charge on any atom is 0.249 e. The smallest absolute Gasteiger partial charge is 0.249 e. The minimum atomic E-state index is -0.263. The van der Waals surface area contributed by atoms with Crippen LogP contribution < -0.4 is 10.2 Å². The summed E-state index contributed by atoms with van der Waals surface area (Å²) in [5.41, 5.74) is 5.34. The van der Waals surface area contributed by atoms with Crippen molar-refractivity contribution in [2.24, 2.45) is 0 Å². The molecule has 1 fully saturated rings. The van der Waals surface area contributed by atoms with Crippen LogP contribution in [0.2, 0.25) is 0 Å². The Morgan fingerprint density at radius 3 is 2.62 bits per heavy atom. The molecule has 0 saturated carbocycles. The summed E-state index contributed by atoms with van der Waals surface area (Å²) in [7, 11) is 0. The maximum absolute atomic E-state index is 13.1. The Kier molecular flexibility index (Phi) is 4.46. The number of aryl methyl sites for hydroxylation is 2. The van der Waals surface area contributed by atoms with Crippen LogP contribution >= 0.6 is 0 Å². The van der Waals surface area contributed by atoms with Crippen LogP contribution in [0.25, 0.3) is 11.4 Å². The number of aromatic nitrogens is 3. The number of amides is 1. The molecule has 1 amide bonds. The number of nitrogens with zero attached hydrogens (tertiary/aromatic N) is 4. The van der Waals surface area contributed by atoms with Gasteiger partial charge in [0.25, 0.3) is 0 Å². The Morgan fingerprint density at radius 2 is 1.83 bits per heavy atom. The van der Waals surface area contributed by atoms with E-state index in [1.54, 1.807) is 12.4 Å². The van der Waals surface area contributed by atoms with Gasteiger partial charge in [-0.05, 0) is 56.9 Å². The lowest BCUT2D eigenvalue weighted by Gasteiger charge is -2.19. The molecule has 6 nitrogen and oxygen atoms in total. The molecule has 29 heavy (non-hydrogen) atoms. The van der Waals surface area contributed by atoms with E-state index in [1.165, 1.54) is 5.56 Å². The van der Waals surface area contributed by atoms with E-state index in [0.29, 0.717) is 12.4 Å². The average Bonchev–Trinajstić information content (AvgIpc) is 3.37. The third kappa shape index (κ3) is 3.35. The zero-order valence-electron chi connectivity index (χ0n) is 16.4. The van der Waals surface area contributed by atoms with Crippen molar-refractivity contribution in [2.45, 2.75) is 38.6 Å². The predicted octanol–water partition coefficient (Wildman–Crippen LogP) is 3.55. The minimum Gasteiger partial charge on any atom is -0.358 e. The second-order valence-electron chi connectivity index (χ2n) is 7.72. The first-order valence-electron chi connectivity index (χ1n) is 10.1. The van der Waals surface area contributed by atoms with E-state index in [9.17, 15) is 4.79 Å². The van der Waals surface area contributed by atoms with E-state index in [4.69, 9.17) is 9.97 Å². The lowest BCUT2D eigenvalue weighted by molar-refractivity contribution is -0.117. The normalized spacial score (nSPS) is 18.2. The molecule has 1 N–H and O–H groups in total. The molecule has 0 bridgehead atoms. The van der Waals surface area contributed by atoms with Gasteiger partial charge in [0, 0.05) is 41.4 Å². The number of carbonyl (C=O) groups is 1. The molecule has 2 aliphatic rings. The van der Waals surface area contributed by atoms with Crippen LogP contribution in [0.3, 0.4) is 0 Å². The monoisotopic (exact) mass is 385 g/mol. The van der Waals surface area contributed by atoms with Crippen molar-refractivity contribution in [1.82, 2.24) is 15.0 Å². The highest BCUT2D eigenvalue weighted by Gasteiger charge is 2.34. The van der Waals surface area contributed by atoms with Gasteiger partial charge in [0.15, 0.2) is 5.82 Å². The molecule has 1 aromatic carbocycles. The molecule has 2 aromatic heterocycles. The number of hydrogen-bond acceptors (Lipinski definition) is 5. The highest BCUT2D eigenvalue weighted by Crippen LogP contribution is 2.31. The van der Waals surface area contributed by atoms with E-state index >= 15 is 0 Å². The first-order chi connectivity index (χ1) is 14.2. The Bertz CT molecular complexity index is 1050. The number of nitrogens with one attached hydrogen (secondary N) is 1. The van der Waals surface area contributed by atoms with E-state index in [1.807, 2.05) is 41.3 Å². The van der Waals surface area contributed by atoms with Crippen molar-refractivity contribution in [3.63, 3.8) is 0 Å². The maximum atomic E-state index is 13.1. The Balaban J connectivity index is 1.42. The fourth-order valence-electron chi connectivity index (χ4n) is 4.14. The quantitative estimate of drug-likeness (QED) is 0.744. The van der Waals surface area contributed by atoms with Gasteiger partial charge in [0.1, 0.15) is 11.9 Å². The molecular formula is C23H23N5O. The summed E-state index contributed by atoms with van der Waals surface area (Å²) in [6.45, 7) is 2.76. The van der Waals surface area contributed by atoms with Gasteiger partial charge in [-0.15, -0.1) is 0 Å². The van der Waals surface area contributed by atoms with Crippen LogP contribution in [0, 0.1) is 6.92 Å². The zero-order valence-corrected chi connectivity index (χ0v) is 16.4. The number of pyridine rings is 1. The van der Waals surface area contributed by atoms with E-state index in [2.05, 4.69) is 17.2 Å². The van der Waals surface area contributed by atoms with E-state index in [0.717, 1.165) is 54.0 Å². The summed E-state index contributed by atoms with van der Waals surface area (Å²) in [5.74, 6) is 1.60. The van der Waals surface area contributed by atoms with Gasteiger partial charge in [-0.25, -0.2) is 9.97 Å². The topological polar surface area (TPSA) is 71.0 Å². The third-order valence-corrected chi connectivity index (χ3v) is 5.73. The van der Waals surface area contributed by atoms with Crippen LogP contribution in [0.15, 0.2) is 48.8 Å². The molecule has 1 atom stereocenters. The number of anilines is 2. The molecule has 0 spiro atoms. The summed E-state index contributed by atoms with van der Waals surface area (Å²) in [5, 5.41) is 3.45. The molecular weight excluding hydrogens is 362 g/mol. The molecule has 146 valence electrons. The summed E-state index contributed by atoms with van der Waals surface area (Å²) >= 11 is 0. The van der Waals surface area contributed by atoms with Crippen LogP contribution in [-0.4, -0.2) is 33.4 Å². The van der Waals surface area contributed by atoms with Crippen molar-refractivity contribution in [2.75, 3.05) is 16.8 Å². The van der Waals surface area contributed by atoms with Gasteiger partial charge in [0.2, 0.25) is 5.91 Å². The van der Waals surface area contributed by atoms with Crippen molar-refractivity contribution in [1.29, 1.82) is 0 Å². The van der Waals surface area contributed by atoms with Crippen molar-refractivity contribution >= 4 is 17.4 Å². The summed E-state index contributed by atoms with van der Waals surface area (Å²) in [6, 6.07) is 11.7. The lowest BCUT2D eigenvalue weighted by atomic mass is 10.2. The number of carbonyl (C=O) groups excluding carboxylic acids is 1. The molecule has 1 aliphatic carbocycles. The second kappa shape index (κ2) is 7.28. The second-order valence-corrected chi connectivity index (χ2v) is 7.72. The molecule has 1 saturated heterocycles. The molecule has 3 heterocycles. The summed E-state index contributed by atoms with van der Waals surface area (Å²) in [4.78, 5) is 28.6. The average molecular weight is 385 g/mol. The van der Waals surface area contributed by atoms with Gasteiger partial charge in [-0.3, -0.25) is 9.78 Å². The lowest BCUT2D eigenvalue weighted by Crippen LogP contribution is -2.34. The Morgan fingerprint density at radius 1 is 1.03 bits per heavy atom. The van der Waals surface area contributed by atoms with Crippen LogP contribution in [-0.2, 0) is 17.6 Å². The van der Waals surface area contributed by atoms with Gasteiger partial charge >= 0.3 is 0 Å². The number of rotatable bonds is 4. The third-order valence-electron chi connectivity index (χ3n) is 5.73. The molecule has 1 aliphatic heterocycles. The fourth-order valence-corrected chi connectivity index (χ4v) is 4.14. The van der Waals surface area contributed by atoms with Crippen LogP contribution in [0.1, 0.15) is 29.7 Å². The molecule has 1 unspecified atom stereocenters. The summed E-state index contributed by atoms with van der Waals surface area (Å²) < 4.78 is 0. The first kappa shape index (κ1) is 17.8. The standard InChI is InChI=1S/C23H23N5O/c1-15-5-7-17(8-6-15)28-14-11-20(23(28)29)26-22-18-3-2-4-19(18)25-21(27-22)16-9-12-24-13-10-16/h5-10,12-13,20H,2-4,11,14H2,1H3,(H,25,26,27). The zero-order chi connectivity index (χ0) is 19.8. The predicted molar refractivity (Wildman–Crippen MR) is 113 cm³/mol. The van der Waals surface area contributed by atoms with Crippen molar-refractivity contribution in [3.05, 3.63) is 65.6 Å². The molecule has 6 heteroatoms. The summed E-state index contributed by atoms with van der Waals surface area (Å²) in [6.07, 6.45) is 7.25. The van der Waals surface area contributed by atoms with Crippen LogP contribution in [0.4, 0.5) is 11.5 Å². The fraction of sp³-hybridized carbons (Fsp3) is 0.304. The highest BCUT2D eigenvalue weighted by molar-refractivity contribution is 6.01. The molecule has 5 rings (SSSR count). The molecule has 3 aromatic rings. The highest BCUT2D eigenvalue weighted by atomic mass is 16.2. The van der Waals surface area contributed by atoms with Gasteiger partial charge in [-0.1, -0.05) is 17.7 Å². The molecule has 0 radical (unpaired) electrons. The SMILES string of the molecule is Cc1ccc(N2CCC(Nc3nc(-c4ccncc4)nc4c3CCC4)C2=O)cc1. The van der Waals surface area contributed by atoms with Gasteiger partial charge in [-0.2, -0.15) is 0 Å². The minimum absolute atomic E-state index is 0.102.